The van der Waals surface area contributed by atoms with Crippen LogP contribution in [0.5, 0.6) is 0 Å². The number of aromatic nitrogens is 2. The third kappa shape index (κ3) is 3.20. The molecule has 0 fully saturated rings. The number of amides is 1. The van der Waals surface area contributed by atoms with E-state index in [2.05, 4.69) is 10.2 Å². The van der Waals surface area contributed by atoms with Gasteiger partial charge in [-0.3, -0.25) is 9.89 Å². The molecule has 0 saturated carbocycles. The van der Waals surface area contributed by atoms with Gasteiger partial charge in [0.05, 0.1) is 18.0 Å². The van der Waals surface area contributed by atoms with E-state index in [9.17, 15) is 4.79 Å². The van der Waals surface area contributed by atoms with Crippen LogP contribution in [0.3, 0.4) is 0 Å². The Balaban J connectivity index is 2.69. The number of carbonyl (C=O) groups excluding carboxylic acids is 1. The summed E-state index contributed by atoms with van der Waals surface area (Å²) in [6, 6.07) is 0. The standard InChI is InChI=1S/C11H20N4O2/c1-4-15(6-7-17-5-2)11(16)10-9(12)8(3)13-14-10/h4-7,12H2,1-3H3,(H,13,14). The second-order valence-electron chi connectivity index (χ2n) is 3.69. The molecule has 0 aliphatic heterocycles. The van der Waals surface area contributed by atoms with Crippen LogP contribution in [-0.2, 0) is 4.74 Å². The quantitative estimate of drug-likeness (QED) is 0.720. The molecule has 0 saturated heterocycles. The Morgan fingerprint density at radius 3 is 2.71 bits per heavy atom. The van der Waals surface area contributed by atoms with E-state index in [-0.39, 0.29) is 5.91 Å². The maximum Gasteiger partial charge on any atom is 0.276 e. The number of hydrogen-bond donors (Lipinski definition) is 2. The third-order valence-electron chi connectivity index (χ3n) is 2.58. The van der Waals surface area contributed by atoms with Crippen LogP contribution in [-0.4, -0.2) is 47.3 Å². The van der Waals surface area contributed by atoms with Gasteiger partial charge in [-0.25, -0.2) is 0 Å². The SMILES string of the molecule is CCOCCN(CC)C(=O)c1n[nH]c(C)c1N. The number of nitrogens with one attached hydrogen (secondary N) is 1. The number of hydrogen-bond acceptors (Lipinski definition) is 4. The molecule has 96 valence electrons. The maximum atomic E-state index is 12.1. The molecule has 1 amide bonds. The molecule has 6 heteroatoms. The zero-order valence-electron chi connectivity index (χ0n) is 10.6. The van der Waals surface area contributed by atoms with Gasteiger partial charge in [-0.2, -0.15) is 5.10 Å². The number of H-pyrrole nitrogens is 1. The molecular weight excluding hydrogens is 220 g/mol. The fourth-order valence-electron chi connectivity index (χ4n) is 1.47. The normalized spacial score (nSPS) is 10.5. The summed E-state index contributed by atoms with van der Waals surface area (Å²) in [6.45, 7) is 7.96. The van der Waals surface area contributed by atoms with Gasteiger partial charge in [-0.1, -0.05) is 0 Å². The smallest absolute Gasteiger partial charge is 0.276 e. The Kier molecular flexibility index (Phi) is 4.96. The van der Waals surface area contributed by atoms with E-state index >= 15 is 0 Å². The van der Waals surface area contributed by atoms with Crippen molar-refractivity contribution in [2.24, 2.45) is 0 Å². The third-order valence-corrected chi connectivity index (χ3v) is 2.58. The van der Waals surface area contributed by atoms with Crippen LogP contribution in [0.1, 0.15) is 30.0 Å². The van der Waals surface area contributed by atoms with Crippen LogP contribution in [0, 0.1) is 6.92 Å². The van der Waals surface area contributed by atoms with E-state index < -0.39 is 0 Å². The number of nitrogen functional groups attached to an aromatic ring is 1. The summed E-state index contributed by atoms with van der Waals surface area (Å²) >= 11 is 0. The number of nitrogens with two attached hydrogens (primary N) is 1. The molecule has 0 unspecified atom stereocenters. The number of carbonyl (C=O) groups is 1. The van der Waals surface area contributed by atoms with Crippen LogP contribution in [0.2, 0.25) is 0 Å². The van der Waals surface area contributed by atoms with Gasteiger partial charge in [0.2, 0.25) is 0 Å². The Bertz CT molecular complexity index is 376. The molecule has 0 radical (unpaired) electrons. The maximum absolute atomic E-state index is 12.1. The van der Waals surface area contributed by atoms with Gasteiger partial charge in [0.15, 0.2) is 5.69 Å². The average molecular weight is 240 g/mol. The lowest BCUT2D eigenvalue weighted by Gasteiger charge is -2.19. The lowest BCUT2D eigenvalue weighted by molar-refractivity contribution is 0.0664. The highest BCUT2D eigenvalue weighted by molar-refractivity contribution is 5.97. The van der Waals surface area contributed by atoms with Crippen LogP contribution in [0.4, 0.5) is 5.69 Å². The molecule has 0 bridgehead atoms. The predicted molar refractivity (Wildman–Crippen MR) is 65.8 cm³/mol. The molecule has 1 aromatic heterocycles. The van der Waals surface area contributed by atoms with E-state index in [1.807, 2.05) is 13.8 Å². The van der Waals surface area contributed by atoms with Gasteiger partial charge in [0, 0.05) is 19.7 Å². The van der Waals surface area contributed by atoms with E-state index in [0.717, 1.165) is 0 Å². The lowest BCUT2D eigenvalue weighted by atomic mass is 10.2. The summed E-state index contributed by atoms with van der Waals surface area (Å²) in [5, 5.41) is 6.64. The van der Waals surface area contributed by atoms with Gasteiger partial charge in [-0.15, -0.1) is 0 Å². The Labute approximate surface area is 101 Å². The van der Waals surface area contributed by atoms with Gasteiger partial charge in [-0.05, 0) is 20.8 Å². The van der Waals surface area contributed by atoms with Crippen molar-refractivity contribution in [3.8, 4) is 0 Å². The first-order valence-corrected chi connectivity index (χ1v) is 5.79. The molecule has 1 heterocycles. The zero-order chi connectivity index (χ0) is 12.8. The first-order chi connectivity index (χ1) is 8.11. The Morgan fingerprint density at radius 2 is 2.24 bits per heavy atom. The van der Waals surface area contributed by atoms with E-state index in [4.69, 9.17) is 10.5 Å². The minimum Gasteiger partial charge on any atom is -0.395 e. The van der Waals surface area contributed by atoms with Crippen molar-refractivity contribution >= 4 is 11.6 Å². The molecule has 1 aromatic rings. The molecule has 0 atom stereocenters. The van der Waals surface area contributed by atoms with Gasteiger partial charge < -0.3 is 15.4 Å². The minimum absolute atomic E-state index is 0.158. The number of ether oxygens (including phenoxy) is 1. The van der Waals surface area contributed by atoms with Gasteiger partial charge in [0.25, 0.3) is 5.91 Å². The number of nitrogens with zero attached hydrogens (tertiary/aromatic N) is 2. The van der Waals surface area contributed by atoms with Crippen molar-refractivity contribution < 1.29 is 9.53 Å². The monoisotopic (exact) mass is 240 g/mol. The van der Waals surface area contributed by atoms with E-state index in [0.29, 0.717) is 43.4 Å². The molecule has 0 aliphatic carbocycles. The fourth-order valence-corrected chi connectivity index (χ4v) is 1.47. The first-order valence-electron chi connectivity index (χ1n) is 5.79. The van der Waals surface area contributed by atoms with E-state index in [1.54, 1.807) is 11.8 Å². The topological polar surface area (TPSA) is 84.2 Å². The molecule has 0 aromatic carbocycles. The number of anilines is 1. The van der Waals surface area contributed by atoms with Crippen molar-refractivity contribution in [1.29, 1.82) is 0 Å². The molecule has 3 N–H and O–H groups in total. The molecule has 17 heavy (non-hydrogen) atoms. The lowest BCUT2D eigenvalue weighted by Crippen LogP contribution is -2.34. The molecule has 1 rings (SSSR count). The fraction of sp³-hybridized carbons (Fsp3) is 0.636. The van der Waals surface area contributed by atoms with Crippen molar-refractivity contribution in [1.82, 2.24) is 15.1 Å². The largest absolute Gasteiger partial charge is 0.395 e. The number of likely N-dealkylation sites (N-methyl/N-ethyl adjacent to an activating group) is 1. The van der Waals surface area contributed by atoms with Crippen molar-refractivity contribution in [3.05, 3.63) is 11.4 Å². The predicted octanol–water partition coefficient (Wildman–Crippen LogP) is 0.799. The first kappa shape index (κ1) is 13.5. The summed E-state index contributed by atoms with van der Waals surface area (Å²) < 4.78 is 5.23. The average Bonchev–Trinajstić information content (AvgIpc) is 2.65. The number of aryl methyl sites for hydroxylation is 1. The molecule has 0 aliphatic rings. The molecule has 6 nitrogen and oxygen atoms in total. The number of aromatic amines is 1. The molecule has 0 spiro atoms. The van der Waals surface area contributed by atoms with Crippen LogP contribution >= 0.6 is 0 Å². The zero-order valence-corrected chi connectivity index (χ0v) is 10.6. The van der Waals surface area contributed by atoms with E-state index in [1.165, 1.54) is 0 Å². The highest BCUT2D eigenvalue weighted by atomic mass is 16.5. The van der Waals surface area contributed by atoms with Crippen LogP contribution < -0.4 is 5.73 Å². The summed E-state index contributed by atoms with van der Waals surface area (Å²) in [4.78, 5) is 13.8. The molecular formula is C11H20N4O2. The second-order valence-corrected chi connectivity index (χ2v) is 3.69. The van der Waals surface area contributed by atoms with Crippen molar-refractivity contribution in [2.75, 3.05) is 32.0 Å². The Hall–Kier alpha value is -1.56. The summed E-state index contributed by atoms with van der Waals surface area (Å²) in [5.41, 5.74) is 7.21. The van der Waals surface area contributed by atoms with Crippen LogP contribution in [0.15, 0.2) is 0 Å². The number of rotatable bonds is 6. The van der Waals surface area contributed by atoms with Crippen LogP contribution in [0.25, 0.3) is 0 Å². The van der Waals surface area contributed by atoms with Crippen molar-refractivity contribution in [3.63, 3.8) is 0 Å². The summed E-state index contributed by atoms with van der Waals surface area (Å²) in [7, 11) is 0. The van der Waals surface area contributed by atoms with Gasteiger partial charge >= 0.3 is 0 Å². The summed E-state index contributed by atoms with van der Waals surface area (Å²) in [5.74, 6) is -0.158. The van der Waals surface area contributed by atoms with Crippen molar-refractivity contribution in [2.45, 2.75) is 20.8 Å². The van der Waals surface area contributed by atoms with Gasteiger partial charge in [0.1, 0.15) is 0 Å². The highest BCUT2D eigenvalue weighted by Gasteiger charge is 2.20. The Morgan fingerprint density at radius 1 is 1.53 bits per heavy atom. The second kappa shape index (κ2) is 6.24. The minimum atomic E-state index is -0.158. The highest BCUT2D eigenvalue weighted by Crippen LogP contribution is 2.14. The summed E-state index contributed by atoms with van der Waals surface area (Å²) in [6.07, 6.45) is 0.